The number of hydrogen-bond acceptors (Lipinski definition) is 1. The first-order valence-electron chi connectivity index (χ1n) is 3.59. The number of carbonyl (C=O) groups is 1. The Bertz CT molecular complexity index is 307. The Morgan fingerprint density at radius 1 is 1.58 bits per heavy atom. The van der Waals surface area contributed by atoms with E-state index in [-0.39, 0.29) is 0 Å². The molecule has 0 saturated heterocycles. The van der Waals surface area contributed by atoms with Crippen LogP contribution < -0.4 is 0 Å². The Hall–Kier alpha value is -0.752. The predicted molar refractivity (Wildman–Crippen MR) is 47.6 cm³/mol. The Morgan fingerprint density at radius 2 is 2.25 bits per heavy atom. The predicted octanol–water partition coefficient (Wildman–Crippen LogP) is 1.36. The maximum absolute atomic E-state index is 10.5. The summed E-state index contributed by atoms with van der Waals surface area (Å²) in [6.07, 6.45) is 0. The second-order valence-electron chi connectivity index (χ2n) is 2.60. The molecule has 1 rings (SSSR count). The van der Waals surface area contributed by atoms with E-state index in [0.29, 0.717) is 5.56 Å². The molecule has 1 aromatic carbocycles. The van der Waals surface area contributed by atoms with Crippen LogP contribution in [0.2, 0.25) is 0 Å². The molecule has 0 aromatic heterocycles. The molecule has 62 valence electrons. The number of aromatic carboxylic acids is 1. The molecule has 0 bridgehead atoms. The van der Waals surface area contributed by atoms with Crippen LogP contribution in [0.3, 0.4) is 0 Å². The third-order valence-electron chi connectivity index (χ3n) is 1.76. The fourth-order valence-corrected chi connectivity index (χ4v) is 1.75. The van der Waals surface area contributed by atoms with Gasteiger partial charge in [0, 0.05) is 0 Å². The van der Waals surface area contributed by atoms with Crippen LogP contribution in [0, 0.1) is 6.92 Å². The fraction of sp³-hybridized carbons (Fsp3) is 0.222. The summed E-state index contributed by atoms with van der Waals surface area (Å²) in [7, 11) is 0. The second-order valence-corrected chi connectivity index (χ2v) is 3.27. The average Bonchev–Trinajstić information content (AvgIpc) is 2.04. The summed E-state index contributed by atoms with van der Waals surface area (Å²) >= 11 is 2.48. The molecule has 0 unspecified atom stereocenters. The topological polar surface area (TPSA) is 37.3 Å². The van der Waals surface area contributed by atoms with Crippen LogP contribution in [0.15, 0.2) is 18.2 Å². The summed E-state index contributed by atoms with van der Waals surface area (Å²) in [5.74, 6) is -0.866. The van der Waals surface area contributed by atoms with Crippen molar-refractivity contribution >= 4 is 22.8 Å². The molecule has 0 aliphatic heterocycles. The van der Waals surface area contributed by atoms with E-state index >= 15 is 0 Å². The van der Waals surface area contributed by atoms with Crippen molar-refractivity contribution in [3.8, 4) is 0 Å². The van der Waals surface area contributed by atoms with Gasteiger partial charge in [0.1, 0.15) is 0 Å². The number of carboxylic acids is 1. The summed E-state index contributed by atoms with van der Waals surface area (Å²) in [6.45, 7) is 1.93. The Labute approximate surface area is 80.1 Å². The van der Waals surface area contributed by atoms with E-state index in [1.807, 2.05) is 13.0 Å². The summed E-state index contributed by atoms with van der Waals surface area (Å²) in [6, 6.07) is 5.19. The van der Waals surface area contributed by atoms with Crippen molar-refractivity contribution in [3.63, 3.8) is 0 Å². The van der Waals surface area contributed by atoms with E-state index in [1.165, 1.54) is 5.56 Å². The molecule has 1 aromatic rings. The summed E-state index contributed by atoms with van der Waals surface area (Å²) in [5, 5.41) is 9.56. The molecular weight excluding hydrogens is 215 g/mol. The molecule has 12 heavy (non-hydrogen) atoms. The quantitative estimate of drug-likeness (QED) is 0.770. The van der Waals surface area contributed by atoms with Crippen molar-refractivity contribution < 1.29 is 9.90 Å². The fourth-order valence-electron chi connectivity index (χ4n) is 1.01. The van der Waals surface area contributed by atoms with Gasteiger partial charge in [-0.3, -0.25) is 0 Å². The van der Waals surface area contributed by atoms with Gasteiger partial charge in [-0.2, -0.15) is 0 Å². The number of carboxylic acid groups (broad SMARTS) is 1. The average molecular weight is 224 g/mol. The zero-order chi connectivity index (χ0) is 9.14. The molecular formula is C9H9AsO2. The summed E-state index contributed by atoms with van der Waals surface area (Å²) in [5.41, 5.74) is 2.58. The SMILES string of the molecule is Cc1cc(C(=O)O)ccc1C[As]. The third kappa shape index (κ3) is 1.89. The standard InChI is InChI=1S/C9H9AsO2/c1-6-4-7(9(11)12)2-3-8(6)5-10/h2-4H,5H2,1H3,(H,11,12). The van der Waals surface area contributed by atoms with Gasteiger partial charge in [-0.25, -0.2) is 0 Å². The van der Waals surface area contributed by atoms with Gasteiger partial charge in [0.15, 0.2) is 0 Å². The first-order valence-corrected chi connectivity index (χ1v) is 4.91. The Balaban J connectivity index is 3.10. The molecule has 0 heterocycles. The van der Waals surface area contributed by atoms with E-state index in [4.69, 9.17) is 5.11 Å². The molecule has 0 spiro atoms. The Morgan fingerprint density at radius 3 is 2.67 bits per heavy atom. The van der Waals surface area contributed by atoms with Crippen LogP contribution >= 0.6 is 0 Å². The van der Waals surface area contributed by atoms with Crippen molar-refractivity contribution in [3.05, 3.63) is 34.9 Å². The normalized spacial score (nSPS) is 9.83. The van der Waals surface area contributed by atoms with Crippen molar-refractivity contribution in [1.82, 2.24) is 0 Å². The first kappa shape index (κ1) is 9.34. The molecule has 2 nitrogen and oxygen atoms in total. The maximum atomic E-state index is 10.5. The number of hydrogen-bond donors (Lipinski definition) is 1. The number of benzene rings is 1. The van der Waals surface area contributed by atoms with Gasteiger partial charge < -0.3 is 0 Å². The van der Waals surface area contributed by atoms with Crippen LogP contribution in [0.1, 0.15) is 21.5 Å². The van der Waals surface area contributed by atoms with E-state index in [9.17, 15) is 4.79 Å². The van der Waals surface area contributed by atoms with Crippen molar-refractivity contribution in [2.45, 2.75) is 12.1 Å². The van der Waals surface area contributed by atoms with Crippen LogP contribution in [0.5, 0.6) is 0 Å². The molecule has 3 heteroatoms. The van der Waals surface area contributed by atoms with Gasteiger partial charge in [-0.15, -0.1) is 0 Å². The van der Waals surface area contributed by atoms with Gasteiger partial charge in [-0.05, 0) is 0 Å². The van der Waals surface area contributed by atoms with Gasteiger partial charge >= 0.3 is 79.7 Å². The van der Waals surface area contributed by atoms with E-state index in [1.54, 1.807) is 12.1 Å². The minimum absolute atomic E-state index is 0.359. The molecule has 0 saturated carbocycles. The summed E-state index contributed by atoms with van der Waals surface area (Å²) < 4.78 is 0. The zero-order valence-electron chi connectivity index (χ0n) is 6.74. The van der Waals surface area contributed by atoms with Crippen molar-refractivity contribution in [1.29, 1.82) is 0 Å². The third-order valence-corrected chi connectivity index (χ3v) is 2.47. The van der Waals surface area contributed by atoms with Crippen molar-refractivity contribution in [2.24, 2.45) is 0 Å². The van der Waals surface area contributed by atoms with E-state index in [2.05, 4.69) is 16.9 Å². The molecule has 0 aliphatic rings. The van der Waals surface area contributed by atoms with E-state index < -0.39 is 5.97 Å². The molecule has 1 N–H and O–H groups in total. The zero-order valence-corrected chi connectivity index (χ0v) is 8.62. The van der Waals surface area contributed by atoms with Crippen LogP contribution in [-0.4, -0.2) is 27.9 Å². The van der Waals surface area contributed by atoms with E-state index in [0.717, 1.165) is 10.8 Å². The van der Waals surface area contributed by atoms with Gasteiger partial charge in [0.2, 0.25) is 0 Å². The molecule has 0 atom stereocenters. The van der Waals surface area contributed by atoms with Crippen LogP contribution in [0.25, 0.3) is 0 Å². The van der Waals surface area contributed by atoms with Crippen LogP contribution in [0.4, 0.5) is 0 Å². The van der Waals surface area contributed by atoms with Crippen LogP contribution in [-0.2, 0) is 5.21 Å². The minimum atomic E-state index is -0.866. The monoisotopic (exact) mass is 224 g/mol. The molecule has 0 fully saturated rings. The second kappa shape index (κ2) is 3.77. The number of rotatable bonds is 2. The summed E-state index contributed by atoms with van der Waals surface area (Å²) in [4.78, 5) is 10.5. The molecule has 0 amide bonds. The molecule has 2 radical (unpaired) electrons. The van der Waals surface area contributed by atoms with Gasteiger partial charge in [0.25, 0.3) is 0 Å². The van der Waals surface area contributed by atoms with Gasteiger partial charge in [-0.1, -0.05) is 0 Å². The molecule has 0 aliphatic carbocycles. The van der Waals surface area contributed by atoms with Gasteiger partial charge in [0.05, 0.1) is 0 Å². The van der Waals surface area contributed by atoms with Crippen molar-refractivity contribution in [2.75, 3.05) is 0 Å². The number of aryl methyl sites for hydroxylation is 1. The first-order chi connectivity index (χ1) is 5.65. The Kier molecular flexibility index (Phi) is 2.93.